The molecule has 0 radical (unpaired) electrons. The van der Waals surface area contributed by atoms with Gasteiger partial charge in [0.1, 0.15) is 0 Å². The van der Waals surface area contributed by atoms with E-state index >= 15 is 0 Å². The summed E-state index contributed by atoms with van der Waals surface area (Å²) < 4.78 is 0. The molecular formula is C6H14P+. The van der Waals surface area contributed by atoms with Gasteiger partial charge in [0.2, 0.25) is 0 Å². The van der Waals surface area contributed by atoms with Crippen LogP contribution in [0.2, 0.25) is 0 Å². The fourth-order valence-corrected chi connectivity index (χ4v) is 1.34. The van der Waals surface area contributed by atoms with Crippen molar-refractivity contribution < 1.29 is 0 Å². The van der Waals surface area contributed by atoms with Crippen molar-refractivity contribution in [2.24, 2.45) is 0 Å². The summed E-state index contributed by atoms with van der Waals surface area (Å²) in [6, 6.07) is 0. The third-order valence-corrected chi connectivity index (χ3v) is 1.79. The Labute approximate surface area is 47.0 Å². The van der Waals surface area contributed by atoms with Crippen LogP contribution in [0.15, 0.2) is 11.9 Å². The fourth-order valence-electron chi connectivity index (χ4n) is 0.447. The normalized spacial score (nSPS) is 13.1. The van der Waals surface area contributed by atoms with Gasteiger partial charge in [0.05, 0.1) is 25.8 Å². The van der Waals surface area contributed by atoms with Crippen LogP contribution in [0.1, 0.15) is 6.92 Å². The van der Waals surface area contributed by atoms with E-state index in [1.54, 1.807) is 0 Å². The first kappa shape index (κ1) is 7.17. The van der Waals surface area contributed by atoms with E-state index in [1.807, 2.05) is 0 Å². The summed E-state index contributed by atoms with van der Waals surface area (Å²) in [5.41, 5.74) is 0. The Balaban J connectivity index is 3.56. The molecule has 0 atom stereocenters. The average Bonchev–Trinajstić information content (AvgIpc) is 1.30. The summed E-state index contributed by atoms with van der Waals surface area (Å²) in [6.07, 6.45) is 2.13. The Kier molecular flexibility index (Phi) is 2.53. The van der Waals surface area contributed by atoms with Crippen molar-refractivity contribution in [3.8, 4) is 0 Å². The minimum absolute atomic E-state index is 0.596. The zero-order valence-electron chi connectivity index (χ0n) is 5.60. The van der Waals surface area contributed by atoms with Gasteiger partial charge in [0, 0.05) is 7.26 Å². The largest absolute Gasteiger partial charge is 0.0537 e. The van der Waals surface area contributed by atoms with Crippen molar-refractivity contribution in [2.75, 3.05) is 20.0 Å². The molecule has 0 aromatic carbocycles. The molecule has 0 aliphatic carbocycles. The van der Waals surface area contributed by atoms with Crippen LogP contribution >= 0.6 is 7.26 Å². The van der Waals surface area contributed by atoms with E-state index in [4.69, 9.17) is 0 Å². The highest BCUT2D eigenvalue weighted by Gasteiger charge is 2.09. The summed E-state index contributed by atoms with van der Waals surface area (Å²) >= 11 is 0. The molecule has 0 aliphatic rings. The molecule has 0 fully saturated rings. The van der Waals surface area contributed by atoms with E-state index in [0.29, 0.717) is 0 Å². The van der Waals surface area contributed by atoms with Gasteiger partial charge in [0.15, 0.2) is 0 Å². The van der Waals surface area contributed by atoms with E-state index in [9.17, 15) is 0 Å². The molecule has 0 aliphatic heterocycles. The number of hydrogen-bond donors (Lipinski definition) is 0. The van der Waals surface area contributed by atoms with Gasteiger partial charge in [-0.2, -0.15) is 0 Å². The molecule has 0 N–H and O–H groups in total. The van der Waals surface area contributed by atoms with Gasteiger partial charge in [-0.1, -0.05) is 6.08 Å². The van der Waals surface area contributed by atoms with Gasteiger partial charge < -0.3 is 0 Å². The van der Waals surface area contributed by atoms with Gasteiger partial charge in [-0.25, -0.2) is 0 Å². The smallest absolute Gasteiger partial charge is 0.0528 e. The average molecular weight is 117 g/mol. The molecule has 0 unspecified atom stereocenters. The van der Waals surface area contributed by atoms with Crippen molar-refractivity contribution in [3.05, 3.63) is 11.9 Å². The van der Waals surface area contributed by atoms with Crippen LogP contribution in [-0.2, 0) is 0 Å². The quantitative estimate of drug-likeness (QED) is 0.463. The molecule has 0 aromatic rings. The minimum atomic E-state index is -0.596. The van der Waals surface area contributed by atoms with E-state index < -0.39 is 7.26 Å². The molecule has 0 rings (SSSR count). The van der Waals surface area contributed by atoms with Crippen LogP contribution in [0.5, 0.6) is 0 Å². The summed E-state index contributed by atoms with van der Waals surface area (Å²) in [7, 11) is -0.596. The third-order valence-electron chi connectivity index (χ3n) is 0.596. The Morgan fingerprint density at radius 1 is 1.14 bits per heavy atom. The zero-order valence-corrected chi connectivity index (χ0v) is 6.50. The lowest BCUT2D eigenvalue weighted by Crippen LogP contribution is -1.74. The van der Waals surface area contributed by atoms with Crippen LogP contribution in [0.3, 0.4) is 0 Å². The predicted molar refractivity (Wildman–Crippen MR) is 39.5 cm³/mol. The summed E-state index contributed by atoms with van der Waals surface area (Å²) in [5.74, 6) is 2.30. The van der Waals surface area contributed by atoms with E-state index in [0.717, 1.165) is 0 Å². The second-order valence-corrected chi connectivity index (χ2v) is 7.13. The standard InChI is InChI=1S/C6H14P/c1-5-6-7(2,3)4/h5-6H,1-4H3/q+1/b6-5+. The lowest BCUT2D eigenvalue weighted by Gasteiger charge is -2.01. The SMILES string of the molecule is C/C=C/[P+](C)(C)C. The van der Waals surface area contributed by atoms with Crippen LogP contribution in [0.4, 0.5) is 0 Å². The Morgan fingerprint density at radius 2 is 1.57 bits per heavy atom. The molecule has 0 saturated carbocycles. The molecule has 0 aromatic heterocycles. The maximum absolute atomic E-state index is 2.30. The van der Waals surface area contributed by atoms with E-state index in [-0.39, 0.29) is 0 Å². The minimum Gasteiger partial charge on any atom is -0.0528 e. The summed E-state index contributed by atoms with van der Waals surface area (Å²) in [6.45, 7) is 8.97. The van der Waals surface area contributed by atoms with Crippen molar-refractivity contribution in [2.45, 2.75) is 6.92 Å². The maximum Gasteiger partial charge on any atom is 0.0537 e. The predicted octanol–water partition coefficient (Wildman–Crippen LogP) is 2.43. The van der Waals surface area contributed by atoms with E-state index in [2.05, 4.69) is 38.8 Å². The summed E-state index contributed by atoms with van der Waals surface area (Å²) in [5, 5.41) is 0. The highest BCUT2D eigenvalue weighted by atomic mass is 31.2. The van der Waals surface area contributed by atoms with Crippen molar-refractivity contribution in [1.82, 2.24) is 0 Å². The molecule has 0 nitrogen and oxygen atoms in total. The Morgan fingerprint density at radius 3 is 1.57 bits per heavy atom. The highest BCUT2D eigenvalue weighted by molar-refractivity contribution is 7.76. The van der Waals surface area contributed by atoms with Gasteiger partial charge >= 0.3 is 0 Å². The van der Waals surface area contributed by atoms with Gasteiger partial charge in [-0.3, -0.25) is 0 Å². The first-order chi connectivity index (χ1) is 3.06. The van der Waals surface area contributed by atoms with Gasteiger partial charge in [-0.05, 0) is 6.92 Å². The molecule has 0 saturated heterocycles. The van der Waals surface area contributed by atoms with Crippen LogP contribution in [0, 0.1) is 0 Å². The van der Waals surface area contributed by atoms with Crippen LogP contribution in [-0.4, -0.2) is 20.0 Å². The van der Waals surface area contributed by atoms with Crippen molar-refractivity contribution in [3.63, 3.8) is 0 Å². The van der Waals surface area contributed by atoms with Crippen LogP contribution < -0.4 is 0 Å². The molecule has 0 spiro atoms. The summed E-state index contributed by atoms with van der Waals surface area (Å²) in [4.78, 5) is 0. The highest BCUT2D eigenvalue weighted by Crippen LogP contribution is 2.47. The topological polar surface area (TPSA) is 0 Å². The molecule has 0 bridgehead atoms. The fraction of sp³-hybridized carbons (Fsp3) is 0.667. The molecule has 0 heterocycles. The lowest BCUT2D eigenvalue weighted by molar-refractivity contribution is 1.77. The Bertz CT molecular complexity index is 66.7. The molecule has 7 heavy (non-hydrogen) atoms. The lowest BCUT2D eigenvalue weighted by atomic mass is 10.8. The maximum atomic E-state index is 2.30. The number of hydrogen-bond acceptors (Lipinski definition) is 0. The molecular weight excluding hydrogens is 103 g/mol. The first-order valence-electron chi connectivity index (χ1n) is 2.51. The number of rotatable bonds is 1. The van der Waals surface area contributed by atoms with Crippen LogP contribution in [0.25, 0.3) is 0 Å². The second-order valence-electron chi connectivity index (χ2n) is 2.60. The molecule has 0 amide bonds. The molecule has 42 valence electrons. The number of allylic oxidation sites excluding steroid dienone is 1. The second kappa shape index (κ2) is 2.47. The van der Waals surface area contributed by atoms with Crippen molar-refractivity contribution in [1.29, 1.82) is 0 Å². The Hall–Kier alpha value is 0.170. The van der Waals surface area contributed by atoms with Gasteiger partial charge in [-0.15, -0.1) is 0 Å². The molecule has 1 heteroatoms. The third kappa shape index (κ3) is 6.17. The van der Waals surface area contributed by atoms with Crippen molar-refractivity contribution >= 4 is 7.26 Å². The monoisotopic (exact) mass is 117 g/mol. The van der Waals surface area contributed by atoms with E-state index in [1.165, 1.54) is 0 Å². The van der Waals surface area contributed by atoms with Gasteiger partial charge in [0.25, 0.3) is 0 Å². The first-order valence-corrected chi connectivity index (χ1v) is 5.71. The zero-order chi connectivity index (χ0) is 5.91.